The van der Waals surface area contributed by atoms with Crippen LogP contribution in [0.4, 0.5) is 5.82 Å². The Kier molecular flexibility index (Phi) is 3.43. The van der Waals surface area contributed by atoms with Gasteiger partial charge in [-0.15, -0.1) is 0 Å². The normalized spacial score (nSPS) is 23.7. The zero-order valence-electron chi connectivity index (χ0n) is 10.2. The van der Waals surface area contributed by atoms with Crippen LogP contribution in [0.15, 0.2) is 12.1 Å². The van der Waals surface area contributed by atoms with Crippen molar-refractivity contribution in [3.05, 3.63) is 23.4 Å². The summed E-state index contributed by atoms with van der Waals surface area (Å²) in [5.41, 5.74) is 1.51. The molecule has 1 aliphatic carbocycles. The number of aryl methyl sites for hydroxylation is 1. The van der Waals surface area contributed by atoms with Gasteiger partial charge >= 0.3 is 0 Å². The fourth-order valence-electron chi connectivity index (χ4n) is 2.23. The molecule has 0 bridgehead atoms. The van der Waals surface area contributed by atoms with Crippen LogP contribution in [-0.2, 0) is 0 Å². The predicted octanol–water partition coefficient (Wildman–Crippen LogP) is 1.92. The molecule has 0 radical (unpaired) electrons. The zero-order valence-corrected chi connectivity index (χ0v) is 10.2. The molecule has 1 fully saturated rings. The lowest BCUT2D eigenvalue weighted by atomic mass is 10.1. The maximum atomic E-state index is 11.5. The molecule has 0 aliphatic heterocycles. The SMILES string of the molecule is CC(=O)c1ccc(C)nc1N[C@@H]1CC[C@@H](O)C1. The number of aliphatic hydroxyl groups excluding tert-OH is 1. The smallest absolute Gasteiger partial charge is 0.163 e. The Morgan fingerprint density at radius 1 is 1.47 bits per heavy atom. The third-order valence-electron chi connectivity index (χ3n) is 3.16. The summed E-state index contributed by atoms with van der Waals surface area (Å²) in [5, 5.41) is 12.8. The second-order valence-corrected chi connectivity index (χ2v) is 4.71. The quantitative estimate of drug-likeness (QED) is 0.784. The number of rotatable bonds is 3. The molecule has 2 rings (SSSR count). The molecule has 4 nitrogen and oxygen atoms in total. The van der Waals surface area contributed by atoms with E-state index in [9.17, 15) is 9.90 Å². The molecule has 1 aromatic heterocycles. The third kappa shape index (κ3) is 2.82. The molecule has 4 heteroatoms. The highest BCUT2D eigenvalue weighted by atomic mass is 16.3. The number of carbonyl (C=O) groups is 1. The average molecular weight is 234 g/mol. The topological polar surface area (TPSA) is 62.2 Å². The molecular weight excluding hydrogens is 216 g/mol. The van der Waals surface area contributed by atoms with E-state index in [4.69, 9.17) is 0 Å². The number of ketones is 1. The molecule has 0 amide bonds. The van der Waals surface area contributed by atoms with Crippen LogP contribution in [0.1, 0.15) is 42.2 Å². The molecule has 0 unspecified atom stereocenters. The van der Waals surface area contributed by atoms with Gasteiger partial charge in [-0.2, -0.15) is 0 Å². The zero-order chi connectivity index (χ0) is 12.4. The minimum Gasteiger partial charge on any atom is -0.393 e. The van der Waals surface area contributed by atoms with Gasteiger partial charge in [0.15, 0.2) is 5.78 Å². The number of pyridine rings is 1. The first-order valence-corrected chi connectivity index (χ1v) is 5.99. The number of nitrogens with one attached hydrogen (secondary N) is 1. The number of Topliss-reactive ketones (excluding diaryl/α,β-unsaturated/α-hetero) is 1. The second-order valence-electron chi connectivity index (χ2n) is 4.71. The first-order valence-electron chi connectivity index (χ1n) is 5.99. The van der Waals surface area contributed by atoms with Crippen molar-refractivity contribution in [1.29, 1.82) is 0 Å². The van der Waals surface area contributed by atoms with Gasteiger partial charge in [-0.3, -0.25) is 4.79 Å². The van der Waals surface area contributed by atoms with Crippen molar-refractivity contribution in [1.82, 2.24) is 4.98 Å². The molecule has 2 N–H and O–H groups in total. The summed E-state index contributed by atoms with van der Waals surface area (Å²) in [5.74, 6) is 0.662. The van der Waals surface area contributed by atoms with E-state index in [1.165, 1.54) is 0 Å². The minimum absolute atomic E-state index is 0.0125. The minimum atomic E-state index is -0.224. The van der Waals surface area contributed by atoms with Crippen molar-refractivity contribution in [3.63, 3.8) is 0 Å². The van der Waals surface area contributed by atoms with E-state index in [0.717, 1.165) is 25.0 Å². The molecule has 1 saturated carbocycles. The number of anilines is 1. The summed E-state index contributed by atoms with van der Waals surface area (Å²) in [4.78, 5) is 15.9. The van der Waals surface area contributed by atoms with E-state index in [-0.39, 0.29) is 17.9 Å². The number of hydrogen-bond donors (Lipinski definition) is 2. The summed E-state index contributed by atoms with van der Waals surface area (Å²) in [6.07, 6.45) is 2.25. The predicted molar refractivity (Wildman–Crippen MR) is 66.2 cm³/mol. The fourth-order valence-corrected chi connectivity index (χ4v) is 2.23. The Morgan fingerprint density at radius 3 is 2.82 bits per heavy atom. The molecule has 1 heterocycles. The van der Waals surface area contributed by atoms with E-state index >= 15 is 0 Å². The van der Waals surface area contributed by atoms with Gasteiger partial charge in [0.2, 0.25) is 0 Å². The van der Waals surface area contributed by atoms with Crippen LogP contribution >= 0.6 is 0 Å². The van der Waals surface area contributed by atoms with E-state index in [2.05, 4.69) is 10.3 Å². The van der Waals surface area contributed by atoms with Crippen molar-refractivity contribution in [3.8, 4) is 0 Å². The lowest BCUT2D eigenvalue weighted by molar-refractivity contribution is 0.101. The maximum Gasteiger partial charge on any atom is 0.163 e. The molecule has 92 valence electrons. The first kappa shape index (κ1) is 12.0. The van der Waals surface area contributed by atoms with Gasteiger partial charge in [-0.05, 0) is 45.2 Å². The third-order valence-corrected chi connectivity index (χ3v) is 3.16. The molecule has 17 heavy (non-hydrogen) atoms. The lowest BCUT2D eigenvalue weighted by Crippen LogP contribution is -2.19. The van der Waals surface area contributed by atoms with Crippen molar-refractivity contribution < 1.29 is 9.90 Å². The lowest BCUT2D eigenvalue weighted by Gasteiger charge is -2.15. The van der Waals surface area contributed by atoms with Gasteiger partial charge in [0.05, 0.1) is 11.7 Å². The van der Waals surface area contributed by atoms with E-state index in [1.807, 2.05) is 13.0 Å². The molecule has 1 aromatic rings. The van der Waals surface area contributed by atoms with Crippen LogP contribution in [-0.4, -0.2) is 28.0 Å². The van der Waals surface area contributed by atoms with Gasteiger partial charge in [0.25, 0.3) is 0 Å². The number of aromatic nitrogens is 1. The monoisotopic (exact) mass is 234 g/mol. The second kappa shape index (κ2) is 4.84. The van der Waals surface area contributed by atoms with Crippen LogP contribution < -0.4 is 5.32 Å². The summed E-state index contributed by atoms with van der Waals surface area (Å²) >= 11 is 0. The van der Waals surface area contributed by atoms with E-state index in [1.54, 1.807) is 13.0 Å². The summed E-state index contributed by atoms with van der Waals surface area (Å²) < 4.78 is 0. The summed E-state index contributed by atoms with van der Waals surface area (Å²) in [7, 11) is 0. The standard InChI is InChI=1S/C13H18N2O2/c1-8-3-6-12(9(2)16)13(14-8)15-10-4-5-11(17)7-10/h3,6,10-11,17H,4-5,7H2,1-2H3,(H,14,15)/t10-,11-/m1/s1. The first-order chi connectivity index (χ1) is 8.06. The van der Waals surface area contributed by atoms with E-state index < -0.39 is 0 Å². The number of carbonyl (C=O) groups excluding carboxylic acids is 1. The molecule has 0 saturated heterocycles. The maximum absolute atomic E-state index is 11.5. The summed E-state index contributed by atoms with van der Waals surface area (Å²) in [6.45, 7) is 3.44. The van der Waals surface area contributed by atoms with Gasteiger partial charge in [-0.1, -0.05) is 0 Å². The highest BCUT2D eigenvalue weighted by Crippen LogP contribution is 2.24. The Labute approximate surface area is 101 Å². The van der Waals surface area contributed by atoms with Crippen LogP contribution in [0.3, 0.4) is 0 Å². The van der Waals surface area contributed by atoms with Gasteiger partial charge in [0, 0.05) is 11.7 Å². The largest absolute Gasteiger partial charge is 0.393 e. The molecule has 1 aliphatic rings. The van der Waals surface area contributed by atoms with Crippen molar-refractivity contribution >= 4 is 11.6 Å². The van der Waals surface area contributed by atoms with Crippen molar-refractivity contribution in [2.45, 2.75) is 45.3 Å². The highest BCUT2D eigenvalue weighted by Gasteiger charge is 2.24. The fraction of sp³-hybridized carbons (Fsp3) is 0.538. The Morgan fingerprint density at radius 2 is 2.24 bits per heavy atom. The van der Waals surface area contributed by atoms with Crippen LogP contribution in [0, 0.1) is 6.92 Å². The molecule has 0 spiro atoms. The van der Waals surface area contributed by atoms with Crippen LogP contribution in [0.25, 0.3) is 0 Å². The van der Waals surface area contributed by atoms with Crippen LogP contribution in [0.5, 0.6) is 0 Å². The Balaban J connectivity index is 2.19. The molecular formula is C13H18N2O2. The van der Waals surface area contributed by atoms with E-state index in [0.29, 0.717) is 11.4 Å². The van der Waals surface area contributed by atoms with Gasteiger partial charge in [0.1, 0.15) is 5.82 Å². The van der Waals surface area contributed by atoms with Crippen LogP contribution in [0.2, 0.25) is 0 Å². The summed E-state index contributed by atoms with van der Waals surface area (Å²) in [6, 6.07) is 3.86. The highest BCUT2D eigenvalue weighted by molar-refractivity contribution is 5.98. The molecule has 2 atom stereocenters. The Bertz CT molecular complexity index is 431. The average Bonchev–Trinajstić information content (AvgIpc) is 2.63. The number of nitrogens with zero attached hydrogens (tertiary/aromatic N) is 1. The number of aliphatic hydroxyl groups is 1. The van der Waals surface area contributed by atoms with Crippen molar-refractivity contribution in [2.24, 2.45) is 0 Å². The number of hydrogen-bond acceptors (Lipinski definition) is 4. The Hall–Kier alpha value is -1.42. The van der Waals surface area contributed by atoms with Gasteiger partial charge < -0.3 is 10.4 Å². The molecule has 0 aromatic carbocycles. The van der Waals surface area contributed by atoms with Gasteiger partial charge in [-0.25, -0.2) is 4.98 Å². The van der Waals surface area contributed by atoms with Crippen molar-refractivity contribution in [2.75, 3.05) is 5.32 Å².